The number of urea groups is 1. The largest absolute Gasteiger partial charge is 0.493 e. The van der Waals surface area contributed by atoms with Crippen LogP contribution in [0.2, 0.25) is 0 Å². The van der Waals surface area contributed by atoms with Gasteiger partial charge in [-0.15, -0.1) is 0 Å². The van der Waals surface area contributed by atoms with Gasteiger partial charge in [-0.1, -0.05) is 18.2 Å². The average Bonchev–Trinajstić information content (AvgIpc) is 3.41. The Bertz CT molecular complexity index is 701. The van der Waals surface area contributed by atoms with E-state index in [2.05, 4.69) is 20.6 Å². The quantitative estimate of drug-likeness (QED) is 0.820. The van der Waals surface area contributed by atoms with Gasteiger partial charge in [-0.05, 0) is 37.8 Å². The van der Waals surface area contributed by atoms with Crippen molar-refractivity contribution in [3.05, 3.63) is 53.6 Å². The van der Waals surface area contributed by atoms with Crippen molar-refractivity contribution in [3.8, 4) is 5.75 Å². The summed E-state index contributed by atoms with van der Waals surface area (Å²) >= 11 is 0. The zero-order valence-corrected chi connectivity index (χ0v) is 13.8. The summed E-state index contributed by atoms with van der Waals surface area (Å²) in [6.45, 7) is 3.38. The molecule has 0 radical (unpaired) electrons. The Balaban J connectivity index is 1.47. The van der Waals surface area contributed by atoms with Crippen molar-refractivity contribution < 1.29 is 9.53 Å². The number of carbonyl (C=O) groups excluding carboxylic acids is 1. The van der Waals surface area contributed by atoms with Crippen LogP contribution >= 0.6 is 0 Å². The zero-order valence-electron chi connectivity index (χ0n) is 13.8. The van der Waals surface area contributed by atoms with Crippen molar-refractivity contribution >= 4 is 6.03 Å². The molecule has 0 saturated heterocycles. The normalized spacial score (nSPS) is 13.4. The number of aromatic nitrogens is 2. The van der Waals surface area contributed by atoms with Crippen molar-refractivity contribution in [1.29, 1.82) is 0 Å². The van der Waals surface area contributed by atoms with E-state index in [0.717, 1.165) is 23.6 Å². The second-order valence-corrected chi connectivity index (χ2v) is 5.99. The standard InChI is InChI=1S/C18H22N4O2/c1-13-19-9-8-16(22-13)11-21-18(23)20-10-15-4-2-3-5-17(15)24-12-14-6-7-14/h2-5,8-9,14H,6-7,10-12H2,1H3,(H2,20,21,23). The number of amides is 2. The van der Waals surface area contributed by atoms with Crippen LogP contribution in [0.3, 0.4) is 0 Å². The van der Waals surface area contributed by atoms with E-state index in [1.807, 2.05) is 31.2 Å². The summed E-state index contributed by atoms with van der Waals surface area (Å²) in [5, 5.41) is 5.65. The lowest BCUT2D eigenvalue weighted by atomic mass is 10.2. The lowest BCUT2D eigenvalue weighted by Crippen LogP contribution is -2.34. The molecule has 1 aromatic heterocycles. The molecular formula is C18H22N4O2. The Labute approximate surface area is 141 Å². The second-order valence-electron chi connectivity index (χ2n) is 5.99. The summed E-state index contributed by atoms with van der Waals surface area (Å²) in [6, 6.07) is 9.36. The summed E-state index contributed by atoms with van der Waals surface area (Å²) in [7, 11) is 0. The fraction of sp³-hybridized carbons (Fsp3) is 0.389. The minimum atomic E-state index is -0.233. The predicted molar refractivity (Wildman–Crippen MR) is 90.5 cm³/mol. The first kappa shape index (κ1) is 16.2. The number of aryl methyl sites for hydroxylation is 1. The van der Waals surface area contributed by atoms with Crippen LogP contribution < -0.4 is 15.4 Å². The number of hydrogen-bond acceptors (Lipinski definition) is 4. The molecule has 1 saturated carbocycles. The van der Waals surface area contributed by atoms with Crippen molar-refractivity contribution in [3.63, 3.8) is 0 Å². The van der Waals surface area contributed by atoms with Gasteiger partial charge in [0.25, 0.3) is 0 Å². The van der Waals surface area contributed by atoms with Crippen molar-refractivity contribution in [2.75, 3.05) is 6.61 Å². The number of rotatable bonds is 7. The fourth-order valence-electron chi connectivity index (χ4n) is 2.30. The number of nitrogens with zero attached hydrogens (tertiary/aromatic N) is 2. The molecule has 0 aliphatic heterocycles. The third kappa shape index (κ3) is 4.94. The third-order valence-electron chi connectivity index (χ3n) is 3.85. The molecule has 24 heavy (non-hydrogen) atoms. The van der Waals surface area contributed by atoms with Crippen LogP contribution in [0.15, 0.2) is 36.5 Å². The second kappa shape index (κ2) is 7.77. The molecule has 126 valence electrons. The molecule has 1 fully saturated rings. The van der Waals surface area contributed by atoms with Gasteiger partial charge in [0.1, 0.15) is 11.6 Å². The van der Waals surface area contributed by atoms with Crippen LogP contribution in [0, 0.1) is 12.8 Å². The highest BCUT2D eigenvalue weighted by Crippen LogP contribution is 2.30. The van der Waals surface area contributed by atoms with E-state index in [1.54, 1.807) is 12.3 Å². The Kier molecular flexibility index (Phi) is 5.25. The number of nitrogens with one attached hydrogen (secondary N) is 2. The van der Waals surface area contributed by atoms with Gasteiger partial charge >= 0.3 is 6.03 Å². The van der Waals surface area contributed by atoms with E-state index in [4.69, 9.17) is 4.74 Å². The monoisotopic (exact) mass is 326 g/mol. The molecule has 0 unspecified atom stereocenters. The Hall–Kier alpha value is -2.63. The van der Waals surface area contributed by atoms with Gasteiger partial charge < -0.3 is 15.4 Å². The molecule has 1 heterocycles. The lowest BCUT2D eigenvalue weighted by Gasteiger charge is -2.12. The highest BCUT2D eigenvalue weighted by Gasteiger charge is 2.22. The Morgan fingerprint density at radius 3 is 2.79 bits per heavy atom. The first-order valence-electron chi connectivity index (χ1n) is 8.21. The summed E-state index contributed by atoms with van der Waals surface area (Å²) in [5.41, 5.74) is 1.76. The van der Waals surface area contributed by atoms with E-state index >= 15 is 0 Å². The SMILES string of the molecule is Cc1nccc(CNC(=O)NCc2ccccc2OCC2CC2)n1. The van der Waals surface area contributed by atoms with Crippen LogP contribution in [0.1, 0.15) is 29.9 Å². The first-order chi connectivity index (χ1) is 11.7. The molecule has 0 bridgehead atoms. The topological polar surface area (TPSA) is 76.1 Å². The predicted octanol–water partition coefficient (Wildman–Crippen LogP) is 2.57. The smallest absolute Gasteiger partial charge is 0.315 e. The van der Waals surface area contributed by atoms with E-state index < -0.39 is 0 Å². The Morgan fingerprint density at radius 1 is 1.21 bits per heavy atom. The molecule has 2 N–H and O–H groups in total. The Morgan fingerprint density at radius 2 is 2.00 bits per heavy atom. The van der Waals surface area contributed by atoms with Gasteiger partial charge in [0.15, 0.2) is 0 Å². The number of carbonyl (C=O) groups is 1. The van der Waals surface area contributed by atoms with E-state index in [0.29, 0.717) is 24.8 Å². The zero-order chi connectivity index (χ0) is 16.8. The van der Waals surface area contributed by atoms with Gasteiger partial charge in [0.2, 0.25) is 0 Å². The third-order valence-corrected chi connectivity index (χ3v) is 3.85. The summed E-state index contributed by atoms with van der Waals surface area (Å²) in [5.74, 6) is 2.23. The summed E-state index contributed by atoms with van der Waals surface area (Å²) in [6.07, 6.45) is 4.20. The van der Waals surface area contributed by atoms with Gasteiger partial charge in [-0.2, -0.15) is 0 Å². The minimum absolute atomic E-state index is 0.233. The van der Waals surface area contributed by atoms with Crippen LogP contribution in [-0.4, -0.2) is 22.6 Å². The average molecular weight is 326 g/mol. The molecule has 1 aromatic carbocycles. The van der Waals surface area contributed by atoms with Crippen LogP contribution in [0.25, 0.3) is 0 Å². The van der Waals surface area contributed by atoms with Gasteiger partial charge in [-0.3, -0.25) is 0 Å². The minimum Gasteiger partial charge on any atom is -0.493 e. The van der Waals surface area contributed by atoms with E-state index in [1.165, 1.54) is 12.8 Å². The first-order valence-corrected chi connectivity index (χ1v) is 8.21. The molecule has 1 aliphatic carbocycles. The van der Waals surface area contributed by atoms with Gasteiger partial charge in [0, 0.05) is 18.3 Å². The highest BCUT2D eigenvalue weighted by molar-refractivity contribution is 5.73. The van der Waals surface area contributed by atoms with Gasteiger partial charge in [-0.25, -0.2) is 14.8 Å². The summed E-state index contributed by atoms with van der Waals surface area (Å²) in [4.78, 5) is 20.2. The molecule has 6 heteroatoms. The molecule has 3 rings (SSSR count). The lowest BCUT2D eigenvalue weighted by molar-refractivity contribution is 0.239. The fourth-order valence-corrected chi connectivity index (χ4v) is 2.30. The number of benzene rings is 1. The van der Waals surface area contributed by atoms with Crippen LogP contribution in [-0.2, 0) is 13.1 Å². The molecule has 2 aromatic rings. The van der Waals surface area contributed by atoms with Crippen molar-refractivity contribution in [1.82, 2.24) is 20.6 Å². The van der Waals surface area contributed by atoms with Crippen LogP contribution in [0.5, 0.6) is 5.75 Å². The molecule has 0 spiro atoms. The molecule has 0 atom stereocenters. The number of ether oxygens (including phenoxy) is 1. The number of hydrogen-bond donors (Lipinski definition) is 2. The van der Waals surface area contributed by atoms with Crippen LogP contribution in [0.4, 0.5) is 4.79 Å². The highest BCUT2D eigenvalue weighted by atomic mass is 16.5. The maximum absolute atomic E-state index is 12.0. The molecular weight excluding hydrogens is 304 g/mol. The van der Waals surface area contributed by atoms with Crippen molar-refractivity contribution in [2.45, 2.75) is 32.9 Å². The van der Waals surface area contributed by atoms with E-state index in [9.17, 15) is 4.79 Å². The number of para-hydroxylation sites is 1. The maximum Gasteiger partial charge on any atom is 0.315 e. The van der Waals surface area contributed by atoms with E-state index in [-0.39, 0.29) is 6.03 Å². The molecule has 2 amide bonds. The molecule has 1 aliphatic rings. The van der Waals surface area contributed by atoms with Crippen molar-refractivity contribution in [2.24, 2.45) is 5.92 Å². The maximum atomic E-state index is 12.0. The molecule has 6 nitrogen and oxygen atoms in total. The van der Waals surface area contributed by atoms with Gasteiger partial charge in [0.05, 0.1) is 18.8 Å². The summed E-state index contributed by atoms with van der Waals surface area (Å²) < 4.78 is 5.85.